The average Bonchev–Trinajstić information content (AvgIpc) is 2.65. The van der Waals surface area contributed by atoms with Gasteiger partial charge in [0.1, 0.15) is 5.75 Å². The molecule has 1 heterocycles. The second-order valence-electron chi connectivity index (χ2n) is 7.31. The van der Waals surface area contributed by atoms with Crippen LogP contribution in [0.15, 0.2) is 48.5 Å². The number of hydrogen-bond donors (Lipinski definition) is 1. The average molecular weight is 403 g/mol. The molecule has 2 aromatic carbocycles. The van der Waals surface area contributed by atoms with Gasteiger partial charge in [-0.3, -0.25) is 9.10 Å². The second-order valence-corrected chi connectivity index (χ2v) is 9.21. The Morgan fingerprint density at radius 3 is 2.64 bits per heavy atom. The summed E-state index contributed by atoms with van der Waals surface area (Å²) in [4.78, 5) is 12.7. The van der Waals surface area contributed by atoms with Crippen molar-refractivity contribution >= 4 is 21.6 Å². The Morgan fingerprint density at radius 1 is 1.25 bits per heavy atom. The normalized spacial score (nSPS) is 17.4. The molecule has 0 unspecified atom stereocenters. The summed E-state index contributed by atoms with van der Waals surface area (Å²) in [7, 11) is -3.52. The molecule has 1 N–H and O–H groups in total. The van der Waals surface area contributed by atoms with Gasteiger partial charge >= 0.3 is 0 Å². The van der Waals surface area contributed by atoms with Gasteiger partial charge in [-0.25, -0.2) is 8.42 Å². The molecule has 0 fully saturated rings. The fourth-order valence-electron chi connectivity index (χ4n) is 3.25. The molecule has 6 nitrogen and oxygen atoms in total. The first kappa shape index (κ1) is 20.2. The number of hydrogen-bond acceptors (Lipinski definition) is 4. The highest BCUT2D eigenvalue weighted by Gasteiger charge is 2.35. The Hall–Kier alpha value is -2.54. The maximum Gasteiger partial charge on any atom is 0.263 e. The van der Waals surface area contributed by atoms with Crippen LogP contribution in [-0.4, -0.2) is 39.3 Å². The van der Waals surface area contributed by atoms with Crippen LogP contribution in [0.2, 0.25) is 0 Å². The standard InChI is InChI=1S/C21H26N2O4S/c1-15-9-12-19-18(13-15)23(28(3,25)26)14-20(27-19)21(24)22-16(2)10-11-17-7-5-4-6-8-17/h4-9,12-13,16,20H,10-11,14H2,1-3H3,(H,22,24)/t16-,20-/m1/s1. The molecular formula is C21H26N2O4S. The molecule has 0 radical (unpaired) electrons. The summed E-state index contributed by atoms with van der Waals surface area (Å²) in [6.45, 7) is 3.79. The summed E-state index contributed by atoms with van der Waals surface area (Å²) >= 11 is 0. The third-order valence-corrected chi connectivity index (χ3v) is 5.92. The predicted molar refractivity (Wildman–Crippen MR) is 110 cm³/mol. The number of carbonyl (C=O) groups is 1. The van der Waals surface area contributed by atoms with E-state index < -0.39 is 16.1 Å². The summed E-state index contributed by atoms with van der Waals surface area (Å²) < 4.78 is 31.6. The van der Waals surface area contributed by atoms with Crippen molar-refractivity contribution in [1.29, 1.82) is 0 Å². The van der Waals surface area contributed by atoms with E-state index in [0.717, 1.165) is 24.7 Å². The van der Waals surface area contributed by atoms with Crippen molar-refractivity contribution in [3.8, 4) is 5.75 Å². The summed E-state index contributed by atoms with van der Waals surface area (Å²) in [5.41, 5.74) is 2.61. The highest BCUT2D eigenvalue weighted by Crippen LogP contribution is 2.35. The smallest absolute Gasteiger partial charge is 0.263 e. The van der Waals surface area contributed by atoms with Gasteiger partial charge in [-0.2, -0.15) is 0 Å². The van der Waals surface area contributed by atoms with Gasteiger partial charge in [-0.15, -0.1) is 0 Å². The van der Waals surface area contributed by atoms with Crippen molar-refractivity contribution in [2.24, 2.45) is 0 Å². The summed E-state index contributed by atoms with van der Waals surface area (Å²) in [6.07, 6.45) is 1.89. The number of nitrogens with zero attached hydrogens (tertiary/aromatic N) is 1. The van der Waals surface area contributed by atoms with Crippen LogP contribution in [0.25, 0.3) is 0 Å². The third kappa shape index (κ3) is 4.84. The van der Waals surface area contributed by atoms with E-state index in [1.54, 1.807) is 12.1 Å². The first-order valence-corrected chi connectivity index (χ1v) is 11.2. The van der Waals surface area contributed by atoms with Crippen LogP contribution in [0.5, 0.6) is 5.75 Å². The summed E-state index contributed by atoms with van der Waals surface area (Å²) in [5.74, 6) is 0.0970. The van der Waals surface area contributed by atoms with Crippen molar-refractivity contribution in [2.45, 2.75) is 38.8 Å². The van der Waals surface area contributed by atoms with Gasteiger partial charge in [0.2, 0.25) is 10.0 Å². The molecule has 2 aromatic rings. The number of ether oxygens (including phenoxy) is 1. The molecule has 7 heteroatoms. The minimum absolute atomic E-state index is 0.0352. The van der Waals surface area contributed by atoms with Crippen molar-refractivity contribution in [3.63, 3.8) is 0 Å². The molecule has 150 valence electrons. The van der Waals surface area contributed by atoms with Crippen LogP contribution in [0, 0.1) is 6.92 Å². The number of sulfonamides is 1. The first-order valence-electron chi connectivity index (χ1n) is 9.33. The van der Waals surface area contributed by atoms with Gasteiger partial charge < -0.3 is 10.1 Å². The number of anilines is 1. The van der Waals surface area contributed by atoms with Crippen LogP contribution in [0.3, 0.4) is 0 Å². The second kappa shape index (κ2) is 8.22. The molecule has 0 saturated heterocycles. The van der Waals surface area contributed by atoms with E-state index in [9.17, 15) is 13.2 Å². The number of carbonyl (C=O) groups excluding carboxylic acids is 1. The highest BCUT2D eigenvalue weighted by molar-refractivity contribution is 7.92. The highest BCUT2D eigenvalue weighted by atomic mass is 32.2. The Labute approximate surface area is 166 Å². The van der Waals surface area contributed by atoms with Gasteiger partial charge in [-0.1, -0.05) is 36.4 Å². The molecule has 2 atom stereocenters. The molecule has 1 aliphatic rings. The van der Waals surface area contributed by atoms with Crippen molar-refractivity contribution in [2.75, 3.05) is 17.1 Å². The van der Waals surface area contributed by atoms with Crippen molar-refractivity contribution in [3.05, 3.63) is 59.7 Å². The minimum Gasteiger partial charge on any atom is -0.476 e. The number of benzene rings is 2. The monoisotopic (exact) mass is 402 g/mol. The molecule has 0 spiro atoms. The van der Waals surface area contributed by atoms with Gasteiger partial charge in [0.15, 0.2) is 6.10 Å². The third-order valence-electron chi connectivity index (χ3n) is 4.77. The van der Waals surface area contributed by atoms with Gasteiger partial charge in [0, 0.05) is 6.04 Å². The predicted octanol–water partition coefficient (Wildman–Crippen LogP) is 2.66. The van der Waals surface area contributed by atoms with E-state index in [4.69, 9.17) is 4.74 Å². The molecule has 0 bridgehead atoms. The SMILES string of the molecule is Cc1ccc2c(c1)N(S(C)(=O)=O)C[C@H](C(=O)N[C@H](C)CCc1ccccc1)O2. The zero-order valence-corrected chi connectivity index (χ0v) is 17.2. The Kier molecular flexibility index (Phi) is 5.93. The van der Waals surface area contributed by atoms with E-state index in [0.29, 0.717) is 11.4 Å². The Balaban J connectivity index is 1.67. The van der Waals surface area contributed by atoms with E-state index >= 15 is 0 Å². The quantitative estimate of drug-likeness (QED) is 0.806. The molecule has 3 rings (SSSR count). The molecular weight excluding hydrogens is 376 g/mol. The minimum atomic E-state index is -3.52. The van der Waals surface area contributed by atoms with Crippen LogP contribution >= 0.6 is 0 Å². The fraction of sp³-hybridized carbons (Fsp3) is 0.381. The van der Waals surface area contributed by atoms with Crippen LogP contribution in [-0.2, 0) is 21.2 Å². The lowest BCUT2D eigenvalue weighted by Gasteiger charge is -2.34. The lowest BCUT2D eigenvalue weighted by Crippen LogP contribution is -2.52. The summed E-state index contributed by atoms with van der Waals surface area (Å²) in [6, 6.07) is 15.3. The number of aryl methyl sites for hydroxylation is 2. The molecule has 0 aliphatic carbocycles. The zero-order chi connectivity index (χ0) is 20.3. The molecule has 1 aliphatic heterocycles. The number of rotatable bonds is 6. The van der Waals surface area contributed by atoms with E-state index in [1.807, 2.05) is 38.1 Å². The number of fused-ring (bicyclic) bond motifs is 1. The number of nitrogens with one attached hydrogen (secondary N) is 1. The van der Waals surface area contributed by atoms with Crippen LogP contribution in [0.1, 0.15) is 24.5 Å². The largest absolute Gasteiger partial charge is 0.476 e. The van der Waals surface area contributed by atoms with Gasteiger partial charge in [0.05, 0.1) is 18.5 Å². The van der Waals surface area contributed by atoms with Crippen molar-refractivity contribution in [1.82, 2.24) is 5.32 Å². The maximum atomic E-state index is 12.7. The van der Waals surface area contributed by atoms with E-state index in [-0.39, 0.29) is 18.5 Å². The van der Waals surface area contributed by atoms with Gasteiger partial charge in [-0.05, 0) is 49.9 Å². The topological polar surface area (TPSA) is 75.7 Å². The molecule has 28 heavy (non-hydrogen) atoms. The Morgan fingerprint density at radius 2 is 1.96 bits per heavy atom. The zero-order valence-electron chi connectivity index (χ0n) is 16.4. The van der Waals surface area contributed by atoms with Crippen molar-refractivity contribution < 1.29 is 17.9 Å². The number of amides is 1. The van der Waals surface area contributed by atoms with Crippen LogP contribution in [0.4, 0.5) is 5.69 Å². The molecule has 1 amide bonds. The molecule has 0 saturated carbocycles. The lowest BCUT2D eigenvalue weighted by atomic mass is 10.1. The lowest BCUT2D eigenvalue weighted by molar-refractivity contribution is -0.128. The van der Waals surface area contributed by atoms with E-state index in [2.05, 4.69) is 17.4 Å². The maximum absolute atomic E-state index is 12.7. The summed E-state index contributed by atoms with van der Waals surface area (Å²) in [5, 5.41) is 2.95. The van der Waals surface area contributed by atoms with E-state index in [1.165, 1.54) is 9.87 Å². The Bertz CT molecular complexity index is 944. The van der Waals surface area contributed by atoms with Gasteiger partial charge in [0.25, 0.3) is 5.91 Å². The van der Waals surface area contributed by atoms with Crippen LogP contribution < -0.4 is 14.4 Å². The fourth-order valence-corrected chi connectivity index (χ4v) is 4.15. The molecule has 0 aromatic heterocycles. The first-order chi connectivity index (χ1) is 13.2.